The molecule has 3 N–H and O–H groups in total. The van der Waals surface area contributed by atoms with Gasteiger partial charge in [0, 0.05) is 32.2 Å². The van der Waals surface area contributed by atoms with Gasteiger partial charge in [0.25, 0.3) is 0 Å². The quantitative estimate of drug-likeness (QED) is 0.712. The monoisotopic (exact) mass is 294 g/mol. The zero-order valence-corrected chi connectivity index (χ0v) is 13.0. The van der Waals surface area contributed by atoms with E-state index in [1.165, 1.54) is 0 Å². The van der Waals surface area contributed by atoms with Gasteiger partial charge in [-0.1, -0.05) is 6.92 Å². The Labute approximate surface area is 126 Å². The summed E-state index contributed by atoms with van der Waals surface area (Å²) in [6.45, 7) is 6.40. The zero-order valence-electron chi connectivity index (χ0n) is 13.0. The SMILES string of the molecule is CCCc1nc(NCC)cc(NC2(CO)CCOCC2)n1. The van der Waals surface area contributed by atoms with Gasteiger partial charge in [0.05, 0.1) is 12.1 Å². The molecule has 6 heteroatoms. The molecule has 2 heterocycles. The summed E-state index contributed by atoms with van der Waals surface area (Å²) in [5.41, 5.74) is -0.334. The maximum absolute atomic E-state index is 9.77. The van der Waals surface area contributed by atoms with E-state index in [1.54, 1.807) is 0 Å². The summed E-state index contributed by atoms with van der Waals surface area (Å²) in [6.07, 6.45) is 3.43. The smallest absolute Gasteiger partial charge is 0.133 e. The molecule has 1 saturated heterocycles. The Balaban J connectivity index is 2.20. The highest BCUT2D eigenvalue weighted by molar-refractivity contribution is 5.49. The van der Waals surface area contributed by atoms with Crippen LogP contribution in [0.4, 0.5) is 11.6 Å². The van der Waals surface area contributed by atoms with Gasteiger partial charge in [-0.15, -0.1) is 0 Å². The lowest BCUT2D eigenvalue weighted by molar-refractivity contribution is 0.0378. The number of hydrogen-bond donors (Lipinski definition) is 3. The molecule has 1 fully saturated rings. The first-order valence-corrected chi connectivity index (χ1v) is 7.80. The number of aryl methyl sites for hydroxylation is 1. The van der Waals surface area contributed by atoms with Crippen molar-refractivity contribution in [2.45, 2.75) is 45.1 Å². The number of hydrogen-bond acceptors (Lipinski definition) is 6. The van der Waals surface area contributed by atoms with Crippen LogP contribution in [-0.2, 0) is 11.2 Å². The van der Waals surface area contributed by atoms with Crippen molar-refractivity contribution in [1.29, 1.82) is 0 Å². The molecule has 1 aromatic rings. The number of ether oxygens (including phenoxy) is 1. The third kappa shape index (κ3) is 4.28. The van der Waals surface area contributed by atoms with Crippen LogP contribution in [0.3, 0.4) is 0 Å². The third-order valence-corrected chi connectivity index (χ3v) is 3.75. The number of aromatic nitrogens is 2. The first-order valence-electron chi connectivity index (χ1n) is 7.80. The number of aliphatic hydroxyl groups excluding tert-OH is 1. The predicted molar refractivity (Wildman–Crippen MR) is 83.7 cm³/mol. The molecule has 1 aliphatic rings. The minimum atomic E-state index is -0.334. The lowest BCUT2D eigenvalue weighted by Crippen LogP contribution is -2.47. The van der Waals surface area contributed by atoms with Crippen molar-refractivity contribution in [3.05, 3.63) is 11.9 Å². The van der Waals surface area contributed by atoms with Gasteiger partial charge in [0.1, 0.15) is 17.5 Å². The van der Waals surface area contributed by atoms with Gasteiger partial charge in [0.2, 0.25) is 0 Å². The Kier molecular flexibility index (Phi) is 5.76. The highest BCUT2D eigenvalue weighted by Gasteiger charge is 2.32. The maximum atomic E-state index is 9.77. The molecule has 6 nitrogen and oxygen atoms in total. The lowest BCUT2D eigenvalue weighted by atomic mass is 9.91. The van der Waals surface area contributed by atoms with E-state index in [-0.39, 0.29) is 12.1 Å². The third-order valence-electron chi connectivity index (χ3n) is 3.75. The largest absolute Gasteiger partial charge is 0.394 e. The summed E-state index contributed by atoms with van der Waals surface area (Å²) in [6, 6.07) is 1.91. The second-order valence-corrected chi connectivity index (χ2v) is 5.51. The number of rotatable bonds is 7. The van der Waals surface area contributed by atoms with Crippen molar-refractivity contribution < 1.29 is 9.84 Å². The molecule has 2 rings (SSSR count). The predicted octanol–water partition coefficient (Wildman–Crippen LogP) is 1.81. The van der Waals surface area contributed by atoms with Gasteiger partial charge < -0.3 is 20.5 Å². The van der Waals surface area contributed by atoms with Gasteiger partial charge >= 0.3 is 0 Å². The Morgan fingerprint density at radius 1 is 1.24 bits per heavy atom. The molecular formula is C15H26N4O2. The fourth-order valence-electron chi connectivity index (χ4n) is 2.52. The van der Waals surface area contributed by atoms with Gasteiger partial charge in [-0.05, 0) is 26.2 Å². The van der Waals surface area contributed by atoms with Crippen LogP contribution in [0.1, 0.15) is 38.9 Å². The van der Waals surface area contributed by atoms with E-state index in [2.05, 4.69) is 27.5 Å². The summed E-state index contributed by atoms with van der Waals surface area (Å²) in [7, 11) is 0. The second kappa shape index (κ2) is 7.56. The molecule has 0 unspecified atom stereocenters. The number of nitrogens with zero attached hydrogens (tertiary/aromatic N) is 2. The fraction of sp³-hybridized carbons (Fsp3) is 0.733. The lowest BCUT2D eigenvalue weighted by Gasteiger charge is -2.36. The normalized spacial score (nSPS) is 17.5. The van der Waals surface area contributed by atoms with Crippen molar-refractivity contribution in [3.8, 4) is 0 Å². The first kappa shape index (κ1) is 16.0. The summed E-state index contributed by atoms with van der Waals surface area (Å²) in [5.74, 6) is 2.44. The van der Waals surface area contributed by atoms with Crippen LogP contribution in [0, 0.1) is 0 Å². The summed E-state index contributed by atoms with van der Waals surface area (Å²) < 4.78 is 5.39. The number of nitrogens with one attached hydrogen (secondary N) is 2. The Bertz CT molecular complexity index is 423. The minimum Gasteiger partial charge on any atom is -0.394 e. The molecular weight excluding hydrogens is 268 g/mol. The molecule has 118 valence electrons. The maximum Gasteiger partial charge on any atom is 0.133 e. The van der Waals surface area contributed by atoms with E-state index >= 15 is 0 Å². The van der Waals surface area contributed by atoms with Crippen LogP contribution < -0.4 is 10.6 Å². The molecule has 0 saturated carbocycles. The van der Waals surface area contributed by atoms with E-state index in [0.717, 1.165) is 49.7 Å². The first-order chi connectivity index (χ1) is 10.2. The summed E-state index contributed by atoms with van der Waals surface area (Å²) in [5, 5.41) is 16.4. The van der Waals surface area contributed by atoms with Crippen molar-refractivity contribution >= 4 is 11.6 Å². The molecule has 1 aliphatic heterocycles. The Morgan fingerprint density at radius 2 is 1.95 bits per heavy atom. The molecule has 0 aromatic carbocycles. The van der Waals surface area contributed by atoms with Crippen LogP contribution in [0.2, 0.25) is 0 Å². The highest BCUT2D eigenvalue weighted by atomic mass is 16.5. The van der Waals surface area contributed by atoms with Gasteiger partial charge in [-0.25, -0.2) is 9.97 Å². The van der Waals surface area contributed by atoms with Crippen molar-refractivity contribution in [3.63, 3.8) is 0 Å². The molecule has 0 bridgehead atoms. The van der Waals surface area contributed by atoms with E-state index in [4.69, 9.17) is 4.74 Å². The van der Waals surface area contributed by atoms with Gasteiger partial charge in [-0.2, -0.15) is 0 Å². The van der Waals surface area contributed by atoms with Crippen molar-refractivity contribution in [2.24, 2.45) is 0 Å². The van der Waals surface area contributed by atoms with Gasteiger partial charge in [0.15, 0.2) is 0 Å². The molecule has 0 radical (unpaired) electrons. The Hall–Kier alpha value is -1.40. The van der Waals surface area contributed by atoms with Crippen molar-refractivity contribution in [2.75, 3.05) is 37.0 Å². The number of anilines is 2. The zero-order chi connectivity index (χ0) is 15.1. The molecule has 0 atom stereocenters. The number of aliphatic hydroxyl groups is 1. The molecule has 0 aliphatic carbocycles. The van der Waals surface area contributed by atoms with Crippen LogP contribution in [0.25, 0.3) is 0 Å². The van der Waals surface area contributed by atoms with E-state index in [0.29, 0.717) is 13.2 Å². The standard InChI is InChI=1S/C15H26N4O2/c1-3-5-12-17-13(16-4-2)10-14(18-12)19-15(11-20)6-8-21-9-7-15/h10,20H,3-9,11H2,1-2H3,(H2,16,17,18,19). The second-order valence-electron chi connectivity index (χ2n) is 5.51. The summed E-state index contributed by atoms with van der Waals surface area (Å²) >= 11 is 0. The van der Waals surface area contributed by atoms with Crippen LogP contribution in [-0.4, -0.2) is 47.0 Å². The van der Waals surface area contributed by atoms with E-state index in [1.807, 2.05) is 13.0 Å². The molecule has 0 amide bonds. The van der Waals surface area contributed by atoms with Crippen LogP contribution in [0.5, 0.6) is 0 Å². The van der Waals surface area contributed by atoms with Crippen LogP contribution >= 0.6 is 0 Å². The summed E-state index contributed by atoms with van der Waals surface area (Å²) in [4.78, 5) is 9.08. The highest BCUT2D eigenvalue weighted by Crippen LogP contribution is 2.25. The van der Waals surface area contributed by atoms with Crippen molar-refractivity contribution in [1.82, 2.24) is 9.97 Å². The van der Waals surface area contributed by atoms with Crippen LogP contribution in [0.15, 0.2) is 6.07 Å². The molecule has 1 aromatic heterocycles. The Morgan fingerprint density at radius 3 is 2.57 bits per heavy atom. The average molecular weight is 294 g/mol. The fourth-order valence-corrected chi connectivity index (χ4v) is 2.52. The van der Waals surface area contributed by atoms with E-state index < -0.39 is 0 Å². The molecule has 0 spiro atoms. The van der Waals surface area contributed by atoms with E-state index in [9.17, 15) is 5.11 Å². The average Bonchev–Trinajstić information content (AvgIpc) is 2.48. The van der Waals surface area contributed by atoms with Gasteiger partial charge in [-0.3, -0.25) is 0 Å². The minimum absolute atomic E-state index is 0.0833. The molecule has 21 heavy (non-hydrogen) atoms. The topological polar surface area (TPSA) is 79.3 Å².